The molecule has 4 nitrogen and oxygen atoms in total. The smallest absolute Gasteiger partial charge is 0.336 e. The lowest BCUT2D eigenvalue weighted by Crippen LogP contribution is -2.10. The van der Waals surface area contributed by atoms with Crippen molar-refractivity contribution in [3.8, 4) is 0 Å². The number of para-hydroxylation sites is 1. The lowest BCUT2D eigenvalue weighted by Gasteiger charge is -2.02. The van der Waals surface area contributed by atoms with Gasteiger partial charge in [0, 0.05) is 11.7 Å². The van der Waals surface area contributed by atoms with E-state index in [0.29, 0.717) is 0 Å². The minimum absolute atomic E-state index is 0.139. The number of hydrogen-bond acceptors (Lipinski definition) is 3. The molecule has 3 rings (SSSR count). The largest absolute Gasteiger partial charge is 0.354 e. The number of nitrogens with zero attached hydrogens (tertiary/aromatic N) is 2. The zero-order valence-electron chi connectivity index (χ0n) is 11.3. The van der Waals surface area contributed by atoms with Gasteiger partial charge in [0.25, 0.3) is 0 Å². The highest BCUT2D eigenvalue weighted by Gasteiger charge is 2.06. The van der Waals surface area contributed by atoms with E-state index in [4.69, 9.17) is 4.84 Å². The van der Waals surface area contributed by atoms with Gasteiger partial charge in [0.1, 0.15) is 6.54 Å². The summed E-state index contributed by atoms with van der Waals surface area (Å²) in [7, 11) is 0. The van der Waals surface area contributed by atoms with Crippen molar-refractivity contribution >= 4 is 23.1 Å². The Kier molecular flexibility index (Phi) is 3.78. The van der Waals surface area contributed by atoms with Crippen molar-refractivity contribution in [2.75, 3.05) is 0 Å². The van der Waals surface area contributed by atoms with Crippen LogP contribution in [0.15, 0.2) is 72.0 Å². The van der Waals surface area contributed by atoms with E-state index >= 15 is 0 Å². The van der Waals surface area contributed by atoms with Gasteiger partial charge in [-0.15, -0.1) is 0 Å². The average Bonchev–Trinajstić information content (AvgIpc) is 2.92. The van der Waals surface area contributed by atoms with Crippen LogP contribution in [0.5, 0.6) is 0 Å². The number of hydrogen-bond donors (Lipinski definition) is 0. The van der Waals surface area contributed by atoms with Gasteiger partial charge in [-0.1, -0.05) is 53.7 Å². The van der Waals surface area contributed by atoms with E-state index in [1.807, 2.05) is 71.4 Å². The summed E-state index contributed by atoms with van der Waals surface area (Å²) < 4.78 is 1.84. The van der Waals surface area contributed by atoms with E-state index in [0.717, 1.165) is 16.5 Å². The van der Waals surface area contributed by atoms with Gasteiger partial charge < -0.3 is 9.40 Å². The molecule has 0 saturated carbocycles. The highest BCUT2D eigenvalue weighted by molar-refractivity contribution is 5.82. The van der Waals surface area contributed by atoms with Crippen molar-refractivity contribution in [3.05, 3.63) is 72.4 Å². The SMILES string of the molecule is O=C(Cn1ccc2ccccc21)ON=Cc1ccccc1. The van der Waals surface area contributed by atoms with Crippen LogP contribution in [0.1, 0.15) is 5.56 Å². The summed E-state index contributed by atoms with van der Waals surface area (Å²) in [5.74, 6) is -0.400. The molecular formula is C17H14N2O2. The number of carbonyl (C=O) groups is 1. The molecule has 0 aliphatic heterocycles. The van der Waals surface area contributed by atoms with Crippen molar-refractivity contribution in [1.82, 2.24) is 4.57 Å². The maximum Gasteiger partial charge on any atom is 0.354 e. The van der Waals surface area contributed by atoms with Crippen LogP contribution in [0.4, 0.5) is 0 Å². The summed E-state index contributed by atoms with van der Waals surface area (Å²) in [6.07, 6.45) is 3.39. The molecular weight excluding hydrogens is 264 g/mol. The molecule has 0 N–H and O–H groups in total. The van der Waals surface area contributed by atoms with Crippen LogP contribution in [0.2, 0.25) is 0 Å². The number of carbonyl (C=O) groups excluding carboxylic acids is 1. The van der Waals surface area contributed by atoms with E-state index < -0.39 is 5.97 Å². The van der Waals surface area contributed by atoms with E-state index in [9.17, 15) is 4.79 Å². The predicted octanol–water partition coefficient (Wildman–Crippen LogP) is 3.22. The summed E-state index contributed by atoms with van der Waals surface area (Å²) in [6.45, 7) is 0.139. The van der Waals surface area contributed by atoms with Crippen LogP contribution in [-0.2, 0) is 16.2 Å². The lowest BCUT2D eigenvalue weighted by molar-refractivity contribution is -0.144. The van der Waals surface area contributed by atoms with Crippen LogP contribution < -0.4 is 0 Å². The normalized spacial score (nSPS) is 11.0. The average molecular weight is 278 g/mol. The van der Waals surface area contributed by atoms with Gasteiger partial charge in [0.05, 0.1) is 6.21 Å². The van der Waals surface area contributed by atoms with Gasteiger partial charge in [0.2, 0.25) is 0 Å². The van der Waals surface area contributed by atoms with E-state index in [1.54, 1.807) is 0 Å². The van der Waals surface area contributed by atoms with Gasteiger partial charge >= 0.3 is 5.97 Å². The van der Waals surface area contributed by atoms with Gasteiger partial charge in [0.15, 0.2) is 0 Å². The van der Waals surface area contributed by atoms with E-state index in [2.05, 4.69) is 5.16 Å². The molecule has 4 heteroatoms. The highest BCUT2D eigenvalue weighted by atomic mass is 16.7. The Morgan fingerprint density at radius 2 is 1.81 bits per heavy atom. The Hall–Kier alpha value is -2.88. The summed E-state index contributed by atoms with van der Waals surface area (Å²) in [6, 6.07) is 19.3. The number of aromatic nitrogens is 1. The maximum atomic E-state index is 11.8. The number of benzene rings is 2. The molecule has 21 heavy (non-hydrogen) atoms. The fraction of sp³-hybridized carbons (Fsp3) is 0.0588. The van der Waals surface area contributed by atoms with E-state index in [1.165, 1.54) is 6.21 Å². The summed E-state index contributed by atoms with van der Waals surface area (Å²) >= 11 is 0. The second-order valence-electron chi connectivity index (χ2n) is 4.61. The number of fused-ring (bicyclic) bond motifs is 1. The molecule has 0 aliphatic carbocycles. The molecule has 0 atom stereocenters. The summed E-state index contributed by atoms with van der Waals surface area (Å²) in [5.41, 5.74) is 1.89. The van der Waals surface area contributed by atoms with Crippen molar-refractivity contribution in [1.29, 1.82) is 0 Å². The third-order valence-corrected chi connectivity index (χ3v) is 3.14. The van der Waals surface area contributed by atoms with Crippen molar-refractivity contribution in [2.24, 2.45) is 5.16 Å². The van der Waals surface area contributed by atoms with Crippen molar-refractivity contribution < 1.29 is 9.63 Å². The Balaban J connectivity index is 1.63. The molecule has 0 aliphatic rings. The molecule has 0 amide bonds. The fourth-order valence-electron chi connectivity index (χ4n) is 2.13. The highest BCUT2D eigenvalue weighted by Crippen LogP contribution is 2.14. The fourth-order valence-corrected chi connectivity index (χ4v) is 2.13. The second-order valence-corrected chi connectivity index (χ2v) is 4.61. The van der Waals surface area contributed by atoms with Crippen LogP contribution in [-0.4, -0.2) is 16.8 Å². The minimum atomic E-state index is -0.400. The van der Waals surface area contributed by atoms with Gasteiger partial charge in [-0.3, -0.25) is 0 Å². The zero-order valence-corrected chi connectivity index (χ0v) is 11.3. The molecule has 0 saturated heterocycles. The third-order valence-electron chi connectivity index (χ3n) is 3.14. The van der Waals surface area contributed by atoms with Gasteiger partial charge in [-0.25, -0.2) is 4.79 Å². The van der Waals surface area contributed by atoms with Crippen LogP contribution in [0.25, 0.3) is 10.9 Å². The minimum Gasteiger partial charge on any atom is -0.336 e. The second kappa shape index (κ2) is 6.05. The molecule has 104 valence electrons. The third kappa shape index (κ3) is 3.17. The molecule has 2 aromatic carbocycles. The Bertz CT molecular complexity index is 776. The number of oxime groups is 1. The number of rotatable bonds is 4. The molecule has 0 radical (unpaired) electrons. The molecule has 1 heterocycles. The topological polar surface area (TPSA) is 43.6 Å². The standard InChI is InChI=1S/C17H14N2O2/c20-17(21-18-12-14-6-2-1-3-7-14)13-19-11-10-15-8-4-5-9-16(15)19/h1-12H,13H2. The summed E-state index contributed by atoms with van der Waals surface area (Å²) in [4.78, 5) is 16.7. The van der Waals surface area contributed by atoms with Crippen LogP contribution in [0, 0.1) is 0 Å². The van der Waals surface area contributed by atoms with Crippen LogP contribution >= 0.6 is 0 Å². The molecule has 3 aromatic rings. The Morgan fingerprint density at radius 3 is 2.67 bits per heavy atom. The first-order valence-corrected chi connectivity index (χ1v) is 6.65. The van der Waals surface area contributed by atoms with Crippen molar-refractivity contribution in [2.45, 2.75) is 6.54 Å². The van der Waals surface area contributed by atoms with Gasteiger partial charge in [-0.2, -0.15) is 0 Å². The maximum absolute atomic E-state index is 11.8. The molecule has 0 unspecified atom stereocenters. The molecule has 0 fully saturated rings. The zero-order chi connectivity index (χ0) is 14.5. The molecule has 0 spiro atoms. The summed E-state index contributed by atoms with van der Waals surface area (Å²) in [5, 5.41) is 4.81. The Morgan fingerprint density at radius 1 is 1.05 bits per heavy atom. The monoisotopic (exact) mass is 278 g/mol. The first-order valence-electron chi connectivity index (χ1n) is 6.65. The lowest BCUT2D eigenvalue weighted by atomic mass is 10.2. The molecule has 0 bridgehead atoms. The van der Waals surface area contributed by atoms with E-state index in [-0.39, 0.29) is 6.54 Å². The van der Waals surface area contributed by atoms with Crippen LogP contribution in [0.3, 0.4) is 0 Å². The molecule has 1 aromatic heterocycles. The van der Waals surface area contributed by atoms with Crippen molar-refractivity contribution in [3.63, 3.8) is 0 Å². The first-order chi connectivity index (χ1) is 10.3. The quantitative estimate of drug-likeness (QED) is 0.418. The first kappa shape index (κ1) is 13.1. The Labute approximate surface area is 122 Å². The predicted molar refractivity (Wildman–Crippen MR) is 82.1 cm³/mol. The van der Waals surface area contributed by atoms with Gasteiger partial charge in [-0.05, 0) is 23.1 Å².